The van der Waals surface area contributed by atoms with E-state index in [1.54, 1.807) is 38.1 Å². The van der Waals surface area contributed by atoms with Gasteiger partial charge in [-0.15, -0.1) is 0 Å². The highest BCUT2D eigenvalue weighted by molar-refractivity contribution is 7.89. The quantitative estimate of drug-likeness (QED) is 0.545. The highest BCUT2D eigenvalue weighted by atomic mass is 32.2. The van der Waals surface area contributed by atoms with Gasteiger partial charge in [0.1, 0.15) is 22.7 Å². The maximum atomic E-state index is 15.7. The van der Waals surface area contributed by atoms with Gasteiger partial charge in [0.2, 0.25) is 16.4 Å². The first-order valence-electron chi connectivity index (χ1n) is 12.4. The summed E-state index contributed by atoms with van der Waals surface area (Å²) in [4.78, 5) is 0. The van der Waals surface area contributed by atoms with Gasteiger partial charge in [0.25, 0.3) is 0 Å². The molecule has 8 nitrogen and oxygen atoms in total. The second-order valence-electron chi connectivity index (χ2n) is 10.8. The van der Waals surface area contributed by atoms with Crippen LogP contribution < -0.4 is 5.32 Å². The van der Waals surface area contributed by atoms with Crippen LogP contribution in [0, 0.1) is 11.6 Å². The van der Waals surface area contributed by atoms with Gasteiger partial charge in [-0.05, 0) is 57.2 Å². The Morgan fingerprint density at radius 3 is 2.41 bits per heavy atom. The smallest absolute Gasteiger partial charge is 0.221 e. The van der Waals surface area contributed by atoms with Crippen LogP contribution in [0.1, 0.15) is 61.5 Å². The Kier molecular flexibility index (Phi) is 6.33. The SMILES string of the molecule is C[C@H]1CC[C@H](c2ccccc2)S(=O)(=O)N1Cc1cc(F)c([C@]2(C3=NN(C)C(O)N3)C[C@](C)(O)C2)cc1F. The zero-order valence-electron chi connectivity index (χ0n) is 21.0. The van der Waals surface area contributed by atoms with Crippen LogP contribution in [0.2, 0.25) is 0 Å². The zero-order chi connectivity index (χ0) is 26.8. The molecule has 1 unspecified atom stereocenters. The summed E-state index contributed by atoms with van der Waals surface area (Å²) in [7, 11) is -2.28. The van der Waals surface area contributed by atoms with Crippen molar-refractivity contribution in [3.63, 3.8) is 0 Å². The number of rotatable bonds is 5. The largest absolute Gasteiger partial charge is 0.390 e. The molecule has 0 spiro atoms. The minimum absolute atomic E-state index is 0.00531. The van der Waals surface area contributed by atoms with Crippen molar-refractivity contribution in [1.82, 2.24) is 14.6 Å². The first-order chi connectivity index (χ1) is 17.3. The van der Waals surface area contributed by atoms with E-state index in [2.05, 4.69) is 10.4 Å². The normalized spacial score (nSPS) is 33.5. The number of benzene rings is 2. The summed E-state index contributed by atoms with van der Waals surface area (Å²) in [5, 5.41) is 28.1. The molecule has 2 aliphatic heterocycles. The number of halogens is 2. The van der Waals surface area contributed by atoms with Gasteiger partial charge in [-0.2, -0.15) is 9.41 Å². The number of nitrogens with zero attached hydrogens (tertiary/aromatic N) is 3. The maximum Gasteiger partial charge on any atom is 0.221 e. The molecule has 1 aliphatic carbocycles. The van der Waals surface area contributed by atoms with Gasteiger partial charge in [-0.3, -0.25) is 5.01 Å². The average molecular weight is 535 g/mol. The Hall–Kier alpha value is -2.60. The van der Waals surface area contributed by atoms with Crippen LogP contribution in [0.25, 0.3) is 0 Å². The second kappa shape index (κ2) is 9.00. The van der Waals surface area contributed by atoms with E-state index in [0.29, 0.717) is 18.4 Å². The molecule has 1 saturated heterocycles. The van der Waals surface area contributed by atoms with Crippen molar-refractivity contribution in [2.45, 2.75) is 74.7 Å². The molecule has 3 atom stereocenters. The van der Waals surface area contributed by atoms with E-state index in [9.17, 15) is 18.6 Å². The summed E-state index contributed by atoms with van der Waals surface area (Å²) in [6.07, 6.45) is 0.0996. The lowest BCUT2D eigenvalue weighted by atomic mass is 9.55. The van der Waals surface area contributed by atoms with E-state index in [-0.39, 0.29) is 42.4 Å². The van der Waals surface area contributed by atoms with Crippen LogP contribution in [-0.4, -0.2) is 58.8 Å². The fourth-order valence-electron chi connectivity index (χ4n) is 6.02. The first-order valence-corrected chi connectivity index (χ1v) is 13.9. The summed E-state index contributed by atoms with van der Waals surface area (Å²) >= 11 is 0. The molecule has 2 aromatic rings. The number of amidine groups is 1. The minimum atomic E-state index is -3.82. The third-order valence-corrected chi connectivity index (χ3v) is 10.2. The molecule has 2 heterocycles. The lowest BCUT2D eigenvalue weighted by Gasteiger charge is -2.51. The standard InChI is InChI=1S/C26H32F2N4O4S/c1-16-9-10-22(17-7-5-4-6-8-17)37(35,36)32(16)13-18-11-21(28)19(12-20(18)27)26(14-25(2,34)15-26)23-29-24(33)31(3)30-23/h4-8,11-12,16,22,24,33-34H,9-10,13-15H2,1-3H3,(H,29,30)/t16-,22+,24?,25-,26-/m0/s1. The fourth-order valence-corrected chi connectivity index (χ4v) is 8.21. The summed E-state index contributed by atoms with van der Waals surface area (Å²) in [6.45, 7) is 3.09. The lowest BCUT2D eigenvalue weighted by molar-refractivity contribution is -0.0537. The first kappa shape index (κ1) is 26.0. The Morgan fingerprint density at radius 2 is 1.81 bits per heavy atom. The van der Waals surface area contributed by atoms with E-state index < -0.39 is 44.3 Å². The molecule has 2 fully saturated rings. The van der Waals surface area contributed by atoms with Crippen molar-refractivity contribution < 1.29 is 27.4 Å². The summed E-state index contributed by atoms with van der Waals surface area (Å²) < 4.78 is 59.5. The zero-order valence-corrected chi connectivity index (χ0v) is 21.8. The predicted molar refractivity (Wildman–Crippen MR) is 135 cm³/mol. The molecule has 0 amide bonds. The number of aliphatic hydroxyl groups excluding tert-OH is 1. The Bertz CT molecular complexity index is 1330. The summed E-state index contributed by atoms with van der Waals surface area (Å²) in [6, 6.07) is 10.7. The molecule has 0 aromatic heterocycles. The number of nitrogens with one attached hydrogen (secondary N) is 1. The van der Waals surface area contributed by atoms with E-state index in [0.717, 1.165) is 12.1 Å². The molecule has 3 N–H and O–H groups in total. The van der Waals surface area contributed by atoms with Crippen molar-refractivity contribution in [2.24, 2.45) is 5.10 Å². The molecule has 2 aromatic carbocycles. The summed E-state index contributed by atoms with van der Waals surface area (Å²) in [5.74, 6) is -1.21. The molecule has 1 saturated carbocycles. The third-order valence-electron chi connectivity index (χ3n) is 7.87. The van der Waals surface area contributed by atoms with Crippen LogP contribution in [0.5, 0.6) is 0 Å². The van der Waals surface area contributed by atoms with E-state index in [4.69, 9.17) is 0 Å². The van der Waals surface area contributed by atoms with Crippen molar-refractivity contribution in [2.75, 3.05) is 7.05 Å². The molecule has 37 heavy (non-hydrogen) atoms. The number of aliphatic hydroxyl groups is 2. The molecule has 3 aliphatic rings. The van der Waals surface area contributed by atoms with Crippen molar-refractivity contribution in [3.8, 4) is 0 Å². The lowest BCUT2D eigenvalue weighted by Crippen LogP contribution is -2.60. The predicted octanol–water partition coefficient (Wildman–Crippen LogP) is 2.93. The highest BCUT2D eigenvalue weighted by Crippen LogP contribution is 2.52. The fraction of sp³-hybridized carbons (Fsp3) is 0.500. The monoisotopic (exact) mass is 534 g/mol. The molecular formula is C26H32F2N4O4S. The molecule has 200 valence electrons. The van der Waals surface area contributed by atoms with Crippen LogP contribution in [0.3, 0.4) is 0 Å². The van der Waals surface area contributed by atoms with E-state index in [1.165, 1.54) is 16.4 Å². The Morgan fingerprint density at radius 1 is 1.14 bits per heavy atom. The van der Waals surface area contributed by atoms with Crippen molar-refractivity contribution in [3.05, 3.63) is 70.8 Å². The molecular weight excluding hydrogens is 502 g/mol. The van der Waals surface area contributed by atoms with Gasteiger partial charge in [0, 0.05) is 30.8 Å². The van der Waals surface area contributed by atoms with Crippen LogP contribution in [0.4, 0.5) is 8.78 Å². The highest BCUT2D eigenvalue weighted by Gasteiger charge is 2.58. The van der Waals surface area contributed by atoms with Crippen molar-refractivity contribution >= 4 is 15.9 Å². The average Bonchev–Trinajstić information content (AvgIpc) is 3.15. The Balaban J connectivity index is 1.48. The maximum absolute atomic E-state index is 15.7. The van der Waals surface area contributed by atoms with Crippen molar-refractivity contribution in [1.29, 1.82) is 0 Å². The van der Waals surface area contributed by atoms with Gasteiger partial charge in [0.15, 0.2) is 0 Å². The van der Waals surface area contributed by atoms with Gasteiger partial charge < -0.3 is 15.5 Å². The molecule has 0 bridgehead atoms. The van der Waals surface area contributed by atoms with Crippen LogP contribution in [0.15, 0.2) is 47.6 Å². The van der Waals surface area contributed by atoms with E-state index in [1.807, 2.05) is 6.07 Å². The van der Waals surface area contributed by atoms with Gasteiger partial charge in [-0.1, -0.05) is 30.3 Å². The topological polar surface area (TPSA) is 105 Å². The van der Waals surface area contributed by atoms with Crippen LogP contribution in [-0.2, 0) is 22.0 Å². The molecule has 0 radical (unpaired) electrons. The van der Waals surface area contributed by atoms with Gasteiger partial charge in [0.05, 0.1) is 11.0 Å². The number of hydrogen-bond acceptors (Lipinski definition) is 7. The summed E-state index contributed by atoms with van der Waals surface area (Å²) in [5.41, 5.74) is -1.64. The van der Waals surface area contributed by atoms with Gasteiger partial charge in [-0.25, -0.2) is 17.2 Å². The number of hydrogen-bond donors (Lipinski definition) is 3. The molecule has 11 heteroatoms. The van der Waals surface area contributed by atoms with Gasteiger partial charge >= 0.3 is 0 Å². The second-order valence-corrected chi connectivity index (χ2v) is 12.9. The molecule has 5 rings (SSSR count). The van der Waals surface area contributed by atoms with E-state index >= 15 is 8.78 Å². The third kappa shape index (κ3) is 4.41. The van der Waals surface area contributed by atoms with Crippen LogP contribution >= 0.6 is 0 Å². The number of sulfonamides is 1. The minimum Gasteiger partial charge on any atom is -0.390 e. The Labute approximate surface area is 215 Å². The number of hydrazone groups is 1.